The fourth-order valence-corrected chi connectivity index (χ4v) is 1.60. The first-order chi connectivity index (χ1) is 9.28. The summed E-state index contributed by atoms with van der Waals surface area (Å²) >= 11 is 0. The Balaban J connectivity index is 1.99. The van der Waals surface area contributed by atoms with Crippen molar-refractivity contribution in [2.75, 3.05) is 0 Å². The van der Waals surface area contributed by atoms with E-state index in [1.54, 1.807) is 18.5 Å². The molecule has 2 rings (SSSR count). The Hall–Kier alpha value is -1.94. The van der Waals surface area contributed by atoms with Gasteiger partial charge >= 0.3 is 6.01 Å². The normalized spacial score (nSPS) is 12.1. The number of hydrogen-bond donors (Lipinski definition) is 1. The highest BCUT2D eigenvalue weighted by molar-refractivity contribution is 5.30. The van der Waals surface area contributed by atoms with Gasteiger partial charge in [-0.2, -0.15) is 0 Å². The second-order valence-electron chi connectivity index (χ2n) is 4.47. The molecule has 0 spiro atoms. The lowest BCUT2D eigenvalue weighted by Gasteiger charge is -2.11. The lowest BCUT2D eigenvalue weighted by Crippen LogP contribution is -2.24. The summed E-state index contributed by atoms with van der Waals surface area (Å²) < 4.78 is 5.60. The molecule has 1 aromatic carbocycles. The summed E-state index contributed by atoms with van der Waals surface area (Å²) in [6.07, 6.45) is 4.45. The van der Waals surface area contributed by atoms with Crippen LogP contribution in [0.5, 0.6) is 11.8 Å². The number of hydrogen-bond acceptors (Lipinski definition) is 4. The van der Waals surface area contributed by atoms with E-state index < -0.39 is 0 Å². The predicted molar refractivity (Wildman–Crippen MR) is 75.1 cm³/mol. The van der Waals surface area contributed by atoms with Gasteiger partial charge in [-0.25, -0.2) is 9.97 Å². The second kappa shape index (κ2) is 6.85. The van der Waals surface area contributed by atoms with Gasteiger partial charge in [0.05, 0.1) is 0 Å². The molecule has 0 amide bonds. The van der Waals surface area contributed by atoms with Crippen molar-refractivity contribution in [2.24, 2.45) is 0 Å². The average molecular weight is 257 g/mol. The maximum absolute atomic E-state index is 5.60. The number of nitrogens with zero attached hydrogens (tertiary/aromatic N) is 2. The van der Waals surface area contributed by atoms with Gasteiger partial charge in [-0.05, 0) is 37.1 Å². The van der Waals surface area contributed by atoms with Gasteiger partial charge in [-0.1, -0.05) is 19.1 Å². The summed E-state index contributed by atoms with van der Waals surface area (Å²) in [4.78, 5) is 8.08. The molecule has 4 nitrogen and oxygen atoms in total. The Labute approximate surface area is 113 Å². The Morgan fingerprint density at radius 1 is 1.21 bits per heavy atom. The smallest absolute Gasteiger partial charge is 0.321 e. The molecule has 0 aliphatic heterocycles. The monoisotopic (exact) mass is 257 g/mol. The Morgan fingerprint density at radius 3 is 2.74 bits per heavy atom. The van der Waals surface area contributed by atoms with Crippen LogP contribution in [0.1, 0.15) is 25.8 Å². The van der Waals surface area contributed by atoms with Crippen molar-refractivity contribution in [3.05, 3.63) is 48.3 Å². The second-order valence-corrected chi connectivity index (χ2v) is 4.47. The molecule has 0 aliphatic rings. The van der Waals surface area contributed by atoms with E-state index in [2.05, 4.69) is 35.2 Å². The molecule has 1 heterocycles. The minimum absolute atomic E-state index is 0.370. The molecule has 19 heavy (non-hydrogen) atoms. The van der Waals surface area contributed by atoms with E-state index in [4.69, 9.17) is 4.74 Å². The maximum Gasteiger partial charge on any atom is 0.321 e. The first-order valence-corrected chi connectivity index (χ1v) is 6.55. The van der Waals surface area contributed by atoms with E-state index in [9.17, 15) is 0 Å². The average Bonchev–Trinajstić information content (AvgIpc) is 2.46. The van der Waals surface area contributed by atoms with E-state index in [0.717, 1.165) is 18.7 Å². The Kier molecular flexibility index (Phi) is 4.86. The first-order valence-electron chi connectivity index (χ1n) is 6.55. The van der Waals surface area contributed by atoms with Crippen LogP contribution in [0.4, 0.5) is 0 Å². The lowest BCUT2D eigenvalue weighted by molar-refractivity contribution is 0.440. The van der Waals surface area contributed by atoms with Crippen molar-refractivity contribution in [3.8, 4) is 11.8 Å². The molecule has 0 aliphatic carbocycles. The van der Waals surface area contributed by atoms with Gasteiger partial charge in [0.1, 0.15) is 5.75 Å². The quantitative estimate of drug-likeness (QED) is 0.863. The molecule has 0 saturated carbocycles. The molecule has 1 atom stereocenters. The van der Waals surface area contributed by atoms with Crippen LogP contribution in [0.15, 0.2) is 42.7 Å². The Bertz CT molecular complexity index is 502. The van der Waals surface area contributed by atoms with Crippen LogP contribution in [-0.2, 0) is 6.54 Å². The van der Waals surface area contributed by atoms with E-state index in [1.165, 1.54) is 5.56 Å². The molecular formula is C15H19N3O. The van der Waals surface area contributed by atoms with Crippen molar-refractivity contribution in [3.63, 3.8) is 0 Å². The number of rotatable bonds is 6. The third kappa shape index (κ3) is 4.34. The molecule has 1 aromatic heterocycles. The molecule has 0 radical (unpaired) electrons. The van der Waals surface area contributed by atoms with Crippen molar-refractivity contribution in [2.45, 2.75) is 32.9 Å². The molecular weight excluding hydrogens is 238 g/mol. The number of ether oxygens (including phenoxy) is 1. The SMILES string of the molecule is CCC(C)NCc1cccc(Oc2ncccn2)c1. The van der Waals surface area contributed by atoms with Crippen LogP contribution in [-0.4, -0.2) is 16.0 Å². The van der Waals surface area contributed by atoms with Gasteiger partial charge in [0.2, 0.25) is 0 Å². The van der Waals surface area contributed by atoms with Crippen LogP contribution in [0.2, 0.25) is 0 Å². The number of nitrogens with one attached hydrogen (secondary N) is 1. The highest BCUT2D eigenvalue weighted by atomic mass is 16.5. The molecule has 0 bridgehead atoms. The summed E-state index contributed by atoms with van der Waals surface area (Å²) in [5.74, 6) is 0.759. The molecule has 0 saturated heterocycles. The zero-order chi connectivity index (χ0) is 13.5. The van der Waals surface area contributed by atoms with Crippen LogP contribution >= 0.6 is 0 Å². The van der Waals surface area contributed by atoms with Crippen LogP contribution in [0.3, 0.4) is 0 Å². The Morgan fingerprint density at radius 2 is 2.00 bits per heavy atom. The topological polar surface area (TPSA) is 47.0 Å². The van der Waals surface area contributed by atoms with Gasteiger partial charge < -0.3 is 10.1 Å². The summed E-state index contributed by atoms with van der Waals surface area (Å²) in [6, 6.07) is 10.6. The van der Waals surface area contributed by atoms with E-state index in [0.29, 0.717) is 12.1 Å². The van der Waals surface area contributed by atoms with Crippen LogP contribution < -0.4 is 10.1 Å². The first kappa shape index (κ1) is 13.5. The number of aromatic nitrogens is 2. The van der Waals surface area contributed by atoms with Crippen LogP contribution in [0, 0.1) is 0 Å². The molecule has 1 N–H and O–H groups in total. The predicted octanol–water partition coefficient (Wildman–Crippen LogP) is 3.16. The van der Waals surface area contributed by atoms with Gasteiger partial charge in [-0.3, -0.25) is 0 Å². The highest BCUT2D eigenvalue weighted by Crippen LogP contribution is 2.18. The van der Waals surface area contributed by atoms with E-state index in [-0.39, 0.29) is 0 Å². The fraction of sp³-hybridized carbons (Fsp3) is 0.333. The van der Waals surface area contributed by atoms with Gasteiger partial charge in [0.25, 0.3) is 0 Å². The summed E-state index contributed by atoms with van der Waals surface area (Å²) in [6.45, 7) is 5.18. The van der Waals surface area contributed by atoms with Crippen molar-refractivity contribution in [1.82, 2.24) is 15.3 Å². The maximum atomic E-state index is 5.60. The molecule has 4 heteroatoms. The van der Waals surface area contributed by atoms with Crippen LogP contribution in [0.25, 0.3) is 0 Å². The highest BCUT2D eigenvalue weighted by Gasteiger charge is 2.02. The zero-order valence-corrected chi connectivity index (χ0v) is 11.3. The molecule has 100 valence electrons. The van der Waals surface area contributed by atoms with E-state index >= 15 is 0 Å². The van der Waals surface area contributed by atoms with Gasteiger partial charge in [-0.15, -0.1) is 0 Å². The van der Waals surface area contributed by atoms with Crippen molar-refractivity contribution < 1.29 is 4.74 Å². The molecule has 2 aromatic rings. The summed E-state index contributed by atoms with van der Waals surface area (Å²) in [5, 5.41) is 3.45. The molecule has 0 fully saturated rings. The fourth-order valence-electron chi connectivity index (χ4n) is 1.60. The molecule has 1 unspecified atom stereocenters. The van der Waals surface area contributed by atoms with E-state index in [1.807, 2.05) is 18.2 Å². The van der Waals surface area contributed by atoms with Crippen molar-refractivity contribution >= 4 is 0 Å². The van der Waals surface area contributed by atoms with Gasteiger partial charge in [0.15, 0.2) is 0 Å². The minimum atomic E-state index is 0.370. The third-order valence-electron chi connectivity index (χ3n) is 2.92. The van der Waals surface area contributed by atoms with Gasteiger partial charge in [0, 0.05) is 25.0 Å². The third-order valence-corrected chi connectivity index (χ3v) is 2.92. The largest absolute Gasteiger partial charge is 0.424 e. The minimum Gasteiger partial charge on any atom is -0.424 e. The summed E-state index contributed by atoms with van der Waals surface area (Å²) in [7, 11) is 0. The lowest BCUT2D eigenvalue weighted by atomic mass is 10.2. The summed E-state index contributed by atoms with van der Waals surface area (Å²) in [5.41, 5.74) is 1.19. The zero-order valence-electron chi connectivity index (χ0n) is 11.3. The van der Waals surface area contributed by atoms with Crippen molar-refractivity contribution in [1.29, 1.82) is 0 Å². The standard InChI is InChI=1S/C15H19N3O/c1-3-12(2)18-11-13-6-4-7-14(10-13)19-15-16-8-5-9-17-15/h4-10,12,18H,3,11H2,1-2H3. The number of benzene rings is 1.